The van der Waals surface area contributed by atoms with E-state index in [0.29, 0.717) is 0 Å². The van der Waals surface area contributed by atoms with E-state index in [1.54, 1.807) is 6.92 Å². The molecule has 0 bridgehead atoms. The fourth-order valence-corrected chi connectivity index (χ4v) is 0.109. The van der Waals surface area contributed by atoms with Crippen LogP contribution < -0.4 is 0 Å². The van der Waals surface area contributed by atoms with Crippen LogP contribution in [0.3, 0.4) is 0 Å². The van der Waals surface area contributed by atoms with Gasteiger partial charge in [0.15, 0.2) is 0 Å². The number of Topliss-reactive ketones (excluding diaryl/α,β-unsaturated/α-hetero) is 1. The van der Waals surface area contributed by atoms with Gasteiger partial charge in [-0.3, -0.25) is 9.18 Å². The Hall–Kier alpha value is -0.400. The lowest BCUT2D eigenvalue weighted by Gasteiger charge is -1.95. The highest BCUT2D eigenvalue weighted by atomic mass is 19.1. The molecule has 0 aromatic rings. The van der Waals surface area contributed by atoms with Crippen molar-refractivity contribution in [3.05, 3.63) is 0 Å². The molecule has 0 aromatic heterocycles. The Labute approximate surface area is 42.5 Å². The maximum absolute atomic E-state index is 11.4. The molecule has 0 amide bonds. The third-order valence-electron chi connectivity index (χ3n) is 0.925. The maximum Gasteiger partial charge on any atom is 0.135 e. The molecule has 0 aliphatic rings. The molecule has 7 heavy (non-hydrogen) atoms. The Kier molecular flexibility index (Phi) is 2.56. The van der Waals surface area contributed by atoms with E-state index in [1.807, 2.05) is 0 Å². The third kappa shape index (κ3) is 2.31. The van der Waals surface area contributed by atoms with Gasteiger partial charge < -0.3 is 0 Å². The fraction of sp³-hybridized carbons (Fsp3) is 0.800. The van der Waals surface area contributed by atoms with Gasteiger partial charge in [0.1, 0.15) is 5.78 Å². The van der Waals surface area contributed by atoms with Gasteiger partial charge in [-0.05, 0) is 6.92 Å². The van der Waals surface area contributed by atoms with Crippen LogP contribution in [0, 0.1) is 5.92 Å². The first-order valence-corrected chi connectivity index (χ1v) is 2.25. The summed E-state index contributed by atoms with van der Waals surface area (Å²) in [5.41, 5.74) is 0. The minimum absolute atomic E-state index is 0.0810. The van der Waals surface area contributed by atoms with Crippen molar-refractivity contribution in [2.24, 2.45) is 5.92 Å². The smallest absolute Gasteiger partial charge is 0.135 e. The van der Waals surface area contributed by atoms with E-state index in [0.717, 1.165) is 0 Å². The van der Waals surface area contributed by atoms with Crippen molar-refractivity contribution in [1.82, 2.24) is 0 Å². The lowest BCUT2D eigenvalue weighted by molar-refractivity contribution is -0.120. The number of halogens is 1. The molecular formula is C5H9FO. The molecule has 0 saturated carbocycles. The molecule has 1 unspecified atom stereocenters. The molecule has 0 radical (unpaired) electrons. The highest BCUT2D eigenvalue weighted by molar-refractivity contribution is 5.77. The van der Waals surface area contributed by atoms with Crippen LogP contribution in [-0.4, -0.2) is 12.5 Å². The van der Waals surface area contributed by atoms with Crippen molar-refractivity contribution in [1.29, 1.82) is 0 Å². The fourth-order valence-electron chi connectivity index (χ4n) is 0.109. The molecular weight excluding hydrogens is 95.1 g/mol. The highest BCUT2D eigenvalue weighted by Crippen LogP contribution is 1.94. The van der Waals surface area contributed by atoms with Gasteiger partial charge >= 0.3 is 0 Å². The lowest BCUT2D eigenvalue weighted by atomic mass is 10.1. The van der Waals surface area contributed by atoms with E-state index in [1.165, 1.54) is 6.92 Å². The molecule has 1 nitrogen and oxygen atoms in total. The normalized spacial score (nSPS) is 13.6. The number of ketones is 1. The first-order valence-electron chi connectivity index (χ1n) is 2.25. The van der Waals surface area contributed by atoms with Crippen molar-refractivity contribution in [2.75, 3.05) is 6.67 Å². The molecule has 1 atom stereocenters. The van der Waals surface area contributed by atoms with Crippen LogP contribution in [0.2, 0.25) is 0 Å². The van der Waals surface area contributed by atoms with Gasteiger partial charge in [-0.25, -0.2) is 0 Å². The molecule has 0 aliphatic heterocycles. The number of carbonyl (C=O) groups excluding carboxylic acids is 1. The number of rotatable bonds is 2. The number of carbonyl (C=O) groups is 1. The van der Waals surface area contributed by atoms with Crippen LogP contribution in [0.15, 0.2) is 0 Å². The Morgan fingerprint density at radius 2 is 2.29 bits per heavy atom. The standard InChI is InChI=1S/C5H9FO/c1-4(3-6)5(2)7/h4H,3H2,1-2H3. The molecule has 0 N–H and O–H groups in total. The Morgan fingerprint density at radius 1 is 1.86 bits per heavy atom. The summed E-state index contributed by atoms with van der Waals surface area (Å²) in [5, 5.41) is 0. The summed E-state index contributed by atoms with van der Waals surface area (Å²) in [7, 11) is 0. The maximum atomic E-state index is 11.4. The van der Waals surface area contributed by atoms with E-state index in [-0.39, 0.29) is 5.78 Å². The SMILES string of the molecule is CC(=O)C(C)CF. The second-order valence-corrected chi connectivity index (χ2v) is 1.67. The summed E-state index contributed by atoms with van der Waals surface area (Å²) < 4.78 is 11.4. The zero-order chi connectivity index (χ0) is 5.86. The van der Waals surface area contributed by atoms with Gasteiger partial charge in [0, 0.05) is 5.92 Å². The Balaban J connectivity index is 3.34. The van der Waals surface area contributed by atoms with Crippen LogP contribution in [0.25, 0.3) is 0 Å². The Morgan fingerprint density at radius 3 is 2.29 bits per heavy atom. The average Bonchev–Trinajstić information content (AvgIpc) is 1.65. The van der Waals surface area contributed by atoms with Gasteiger partial charge in [0.05, 0.1) is 6.67 Å². The van der Waals surface area contributed by atoms with Crippen molar-refractivity contribution >= 4 is 5.78 Å². The first kappa shape index (κ1) is 6.60. The molecule has 0 aromatic carbocycles. The predicted molar refractivity (Wildman–Crippen MR) is 25.8 cm³/mol. The Bertz CT molecular complexity index is 70.5. The number of alkyl halides is 1. The summed E-state index contributed by atoms with van der Waals surface area (Å²) in [4.78, 5) is 10.1. The van der Waals surface area contributed by atoms with Gasteiger partial charge in [0.2, 0.25) is 0 Å². The monoisotopic (exact) mass is 104 g/mol. The second-order valence-electron chi connectivity index (χ2n) is 1.67. The van der Waals surface area contributed by atoms with Crippen LogP contribution in [0.4, 0.5) is 4.39 Å². The zero-order valence-corrected chi connectivity index (χ0v) is 4.57. The van der Waals surface area contributed by atoms with E-state index in [4.69, 9.17) is 0 Å². The zero-order valence-electron chi connectivity index (χ0n) is 4.57. The average molecular weight is 104 g/mol. The van der Waals surface area contributed by atoms with Crippen LogP contribution in [0.5, 0.6) is 0 Å². The van der Waals surface area contributed by atoms with Crippen molar-refractivity contribution in [2.45, 2.75) is 13.8 Å². The highest BCUT2D eigenvalue weighted by Gasteiger charge is 2.03. The third-order valence-corrected chi connectivity index (χ3v) is 0.925. The topological polar surface area (TPSA) is 17.1 Å². The minimum Gasteiger partial charge on any atom is -0.300 e. The molecule has 0 aliphatic carbocycles. The summed E-state index contributed by atoms with van der Waals surface area (Å²) in [5.74, 6) is -0.484. The molecule has 42 valence electrons. The number of hydrogen-bond acceptors (Lipinski definition) is 1. The lowest BCUT2D eigenvalue weighted by Crippen LogP contribution is -2.07. The second kappa shape index (κ2) is 2.72. The molecule has 0 saturated heterocycles. The summed E-state index contributed by atoms with van der Waals surface area (Å²) >= 11 is 0. The van der Waals surface area contributed by atoms with E-state index >= 15 is 0 Å². The van der Waals surface area contributed by atoms with E-state index in [9.17, 15) is 9.18 Å². The molecule has 0 rings (SSSR count). The summed E-state index contributed by atoms with van der Waals surface area (Å²) in [6.07, 6.45) is 0. The summed E-state index contributed by atoms with van der Waals surface area (Å²) in [6, 6.07) is 0. The van der Waals surface area contributed by atoms with Crippen molar-refractivity contribution < 1.29 is 9.18 Å². The van der Waals surface area contributed by atoms with E-state index < -0.39 is 12.6 Å². The van der Waals surface area contributed by atoms with Gasteiger partial charge in [-0.2, -0.15) is 0 Å². The van der Waals surface area contributed by atoms with Gasteiger partial charge in [-0.1, -0.05) is 6.92 Å². The van der Waals surface area contributed by atoms with Crippen LogP contribution in [0.1, 0.15) is 13.8 Å². The summed E-state index contributed by atoms with van der Waals surface area (Å²) in [6.45, 7) is 2.43. The van der Waals surface area contributed by atoms with Gasteiger partial charge in [-0.15, -0.1) is 0 Å². The van der Waals surface area contributed by atoms with Crippen molar-refractivity contribution in [3.8, 4) is 0 Å². The first-order chi connectivity index (χ1) is 3.18. The molecule has 2 heteroatoms. The predicted octanol–water partition coefficient (Wildman–Crippen LogP) is 1.18. The largest absolute Gasteiger partial charge is 0.300 e. The van der Waals surface area contributed by atoms with Crippen molar-refractivity contribution in [3.63, 3.8) is 0 Å². The van der Waals surface area contributed by atoms with Gasteiger partial charge in [0.25, 0.3) is 0 Å². The quantitative estimate of drug-likeness (QED) is 0.514. The molecule has 0 fully saturated rings. The molecule has 0 spiro atoms. The van der Waals surface area contributed by atoms with E-state index in [2.05, 4.69) is 0 Å². The minimum atomic E-state index is -0.532. The van der Waals surface area contributed by atoms with Crippen LogP contribution >= 0.6 is 0 Å². The number of hydrogen-bond donors (Lipinski definition) is 0. The molecule has 0 heterocycles. The van der Waals surface area contributed by atoms with Crippen LogP contribution in [-0.2, 0) is 4.79 Å².